The molecule has 0 radical (unpaired) electrons. The van der Waals surface area contributed by atoms with Gasteiger partial charge in [0.05, 0.1) is 5.92 Å². The largest absolute Gasteiger partial charge is 0.481 e. The molecule has 5 nitrogen and oxygen atoms in total. The fourth-order valence-electron chi connectivity index (χ4n) is 1.35. The molecule has 5 heteroatoms. The Kier molecular flexibility index (Phi) is 7.34. The molecule has 0 aliphatic carbocycles. The van der Waals surface area contributed by atoms with Crippen molar-refractivity contribution in [3.8, 4) is 0 Å². The molecule has 1 unspecified atom stereocenters. The molecular formula is C12H24N2O3. The van der Waals surface area contributed by atoms with Crippen molar-refractivity contribution < 1.29 is 14.7 Å². The second-order valence-electron chi connectivity index (χ2n) is 5.01. The molecule has 3 N–H and O–H groups in total. The first-order valence-corrected chi connectivity index (χ1v) is 6.09. The van der Waals surface area contributed by atoms with Crippen LogP contribution in [0.5, 0.6) is 0 Å². The summed E-state index contributed by atoms with van der Waals surface area (Å²) < 4.78 is 0. The lowest BCUT2D eigenvalue weighted by atomic mass is 9.96. The predicted octanol–water partition coefficient (Wildman–Crippen LogP) is 1.69. The SMILES string of the molecule is CC(C)CCNC(=O)NCC(C(=O)O)C(C)C. The maximum atomic E-state index is 11.4. The third-order valence-electron chi connectivity index (χ3n) is 2.61. The Labute approximate surface area is 103 Å². The minimum atomic E-state index is -0.873. The van der Waals surface area contributed by atoms with Crippen molar-refractivity contribution in [1.82, 2.24) is 10.6 Å². The molecular weight excluding hydrogens is 220 g/mol. The lowest BCUT2D eigenvalue weighted by Crippen LogP contribution is -2.41. The first-order valence-electron chi connectivity index (χ1n) is 6.09. The Balaban J connectivity index is 3.85. The van der Waals surface area contributed by atoms with E-state index in [1.807, 2.05) is 13.8 Å². The molecule has 0 saturated heterocycles. The highest BCUT2D eigenvalue weighted by Gasteiger charge is 2.21. The highest BCUT2D eigenvalue weighted by atomic mass is 16.4. The van der Waals surface area contributed by atoms with Gasteiger partial charge < -0.3 is 15.7 Å². The summed E-state index contributed by atoms with van der Waals surface area (Å²) in [4.78, 5) is 22.2. The number of rotatable bonds is 7. The van der Waals surface area contributed by atoms with Gasteiger partial charge in [-0.15, -0.1) is 0 Å². The van der Waals surface area contributed by atoms with Crippen molar-refractivity contribution >= 4 is 12.0 Å². The van der Waals surface area contributed by atoms with Gasteiger partial charge in [-0.25, -0.2) is 4.79 Å². The average molecular weight is 244 g/mol. The van der Waals surface area contributed by atoms with Crippen LogP contribution in [0.4, 0.5) is 4.79 Å². The predicted molar refractivity (Wildman–Crippen MR) is 66.8 cm³/mol. The number of carboxylic acids is 1. The van der Waals surface area contributed by atoms with Gasteiger partial charge in [0.25, 0.3) is 0 Å². The summed E-state index contributed by atoms with van der Waals surface area (Å²) in [6, 6.07) is -0.294. The normalized spacial score (nSPS) is 12.6. The molecule has 0 fully saturated rings. The number of nitrogens with one attached hydrogen (secondary N) is 2. The van der Waals surface area contributed by atoms with Gasteiger partial charge in [0.15, 0.2) is 0 Å². The van der Waals surface area contributed by atoms with Gasteiger partial charge in [0, 0.05) is 13.1 Å². The van der Waals surface area contributed by atoms with E-state index in [4.69, 9.17) is 5.11 Å². The molecule has 17 heavy (non-hydrogen) atoms. The van der Waals surface area contributed by atoms with E-state index in [1.165, 1.54) is 0 Å². The van der Waals surface area contributed by atoms with Crippen LogP contribution in [0.25, 0.3) is 0 Å². The summed E-state index contributed by atoms with van der Waals surface area (Å²) in [6.07, 6.45) is 0.917. The smallest absolute Gasteiger partial charge is 0.314 e. The van der Waals surface area contributed by atoms with Crippen molar-refractivity contribution in [3.05, 3.63) is 0 Å². The van der Waals surface area contributed by atoms with Crippen molar-refractivity contribution in [2.24, 2.45) is 17.8 Å². The number of carbonyl (C=O) groups excluding carboxylic acids is 1. The molecule has 0 aliphatic rings. The summed E-state index contributed by atoms with van der Waals surface area (Å²) in [5, 5.41) is 14.2. The summed E-state index contributed by atoms with van der Waals surface area (Å²) in [6.45, 7) is 8.61. The van der Waals surface area contributed by atoms with Crippen molar-refractivity contribution in [2.45, 2.75) is 34.1 Å². The van der Waals surface area contributed by atoms with E-state index in [9.17, 15) is 9.59 Å². The van der Waals surface area contributed by atoms with Gasteiger partial charge in [-0.1, -0.05) is 27.7 Å². The van der Waals surface area contributed by atoms with Crippen molar-refractivity contribution in [3.63, 3.8) is 0 Å². The molecule has 0 rings (SSSR count). The van der Waals surface area contributed by atoms with Crippen LogP contribution in [0.2, 0.25) is 0 Å². The lowest BCUT2D eigenvalue weighted by molar-refractivity contribution is -0.142. The van der Waals surface area contributed by atoms with Crippen molar-refractivity contribution in [1.29, 1.82) is 0 Å². The van der Waals surface area contributed by atoms with Gasteiger partial charge in [0.1, 0.15) is 0 Å². The highest BCUT2D eigenvalue weighted by Crippen LogP contribution is 2.09. The summed E-state index contributed by atoms with van der Waals surface area (Å²) in [5.74, 6) is -0.866. The third kappa shape index (κ3) is 7.60. The van der Waals surface area contributed by atoms with Gasteiger partial charge in [0.2, 0.25) is 0 Å². The quantitative estimate of drug-likeness (QED) is 0.637. The molecule has 0 aromatic carbocycles. The van der Waals surface area contributed by atoms with Crippen LogP contribution in [0.3, 0.4) is 0 Å². The summed E-state index contributed by atoms with van der Waals surface area (Å²) >= 11 is 0. The van der Waals surface area contributed by atoms with Crippen molar-refractivity contribution in [2.75, 3.05) is 13.1 Å². The maximum absolute atomic E-state index is 11.4. The number of amides is 2. The van der Waals surface area contributed by atoms with Gasteiger partial charge >= 0.3 is 12.0 Å². The van der Waals surface area contributed by atoms with Crippen LogP contribution in [-0.4, -0.2) is 30.2 Å². The van der Waals surface area contributed by atoms with Crippen LogP contribution in [0, 0.1) is 17.8 Å². The minimum Gasteiger partial charge on any atom is -0.481 e. The van der Waals surface area contributed by atoms with Gasteiger partial charge in [-0.2, -0.15) is 0 Å². The maximum Gasteiger partial charge on any atom is 0.314 e. The molecule has 0 aliphatic heterocycles. The average Bonchev–Trinajstić information content (AvgIpc) is 2.15. The molecule has 0 heterocycles. The number of urea groups is 1. The summed E-state index contributed by atoms with van der Waals surface area (Å²) in [5.41, 5.74) is 0. The number of carboxylic acid groups (broad SMARTS) is 1. The van der Waals surface area contributed by atoms with E-state index in [0.717, 1.165) is 6.42 Å². The molecule has 1 atom stereocenters. The number of aliphatic carboxylic acids is 1. The topological polar surface area (TPSA) is 78.4 Å². The molecule has 0 spiro atoms. The molecule has 0 aromatic heterocycles. The Morgan fingerprint density at radius 3 is 2.12 bits per heavy atom. The zero-order valence-corrected chi connectivity index (χ0v) is 11.1. The monoisotopic (exact) mass is 244 g/mol. The fraction of sp³-hybridized carbons (Fsp3) is 0.833. The molecule has 100 valence electrons. The highest BCUT2D eigenvalue weighted by molar-refractivity contribution is 5.75. The summed E-state index contributed by atoms with van der Waals surface area (Å²) in [7, 11) is 0. The molecule has 2 amide bonds. The number of hydrogen-bond acceptors (Lipinski definition) is 2. The van der Waals surface area contributed by atoms with E-state index in [1.54, 1.807) is 0 Å². The van der Waals surface area contributed by atoms with Gasteiger partial charge in [-0.05, 0) is 18.3 Å². The number of carbonyl (C=O) groups is 2. The van der Waals surface area contributed by atoms with Crippen LogP contribution < -0.4 is 10.6 Å². The lowest BCUT2D eigenvalue weighted by Gasteiger charge is -2.17. The van der Waals surface area contributed by atoms with E-state index in [0.29, 0.717) is 12.5 Å². The molecule has 0 saturated carbocycles. The Morgan fingerprint density at radius 2 is 1.71 bits per heavy atom. The van der Waals surface area contributed by atoms with E-state index >= 15 is 0 Å². The molecule has 0 bridgehead atoms. The van der Waals surface area contributed by atoms with E-state index < -0.39 is 11.9 Å². The first-order chi connectivity index (χ1) is 7.84. The standard InChI is InChI=1S/C12H24N2O3/c1-8(2)5-6-13-12(17)14-7-10(9(3)4)11(15)16/h8-10H,5-7H2,1-4H3,(H,15,16)(H2,13,14,17). The zero-order valence-electron chi connectivity index (χ0n) is 11.1. The fourth-order valence-corrected chi connectivity index (χ4v) is 1.35. The first kappa shape index (κ1) is 15.7. The van der Waals surface area contributed by atoms with Crippen LogP contribution in [0.1, 0.15) is 34.1 Å². The minimum absolute atomic E-state index is 0.00321. The van der Waals surface area contributed by atoms with Crippen LogP contribution in [0.15, 0.2) is 0 Å². The van der Waals surface area contributed by atoms with Crippen LogP contribution in [-0.2, 0) is 4.79 Å². The Bertz CT molecular complexity index is 252. The number of hydrogen-bond donors (Lipinski definition) is 3. The van der Waals surface area contributed by atoms with Gasteiger partial charge in [-0.3, -0.25) is 4.79 Å². The second-order valence-corrected chi connectivity index (χ2v) is 5.01. The third-order valence-corrected chi connectivity index (χ3v) is 2.61. The second kappa shape index (κ2) is 7.92. The van der Waals surface area contributed by atoms with Crippen LogP contribution >= 0.6 is 0 Å². The van der Waals surface area contributed by atoms with E-state index in [2.05, 4.69) is 24.5 Å². The Hall–Kier alpha value is -1.26. The zero-order chi connectivity index (χ0) is 13.4. The Morgan fingerprint density at radius 1 is 1.12 bits per heavy atom. The van der Waals surface area contributed by atoms with E-state index in [-0.39, 0.29) is 18.5 Å². The molecule has 0 aromatic rings.